The minimum Gasteiger partial charge on any atom is -0.469 e. The molecule has 2 aliphatic rings. The molecule has 1 spiro atoms. The first kappa shape index (κ1) is 17.0. The second-order valence-electron chi connectivity index (χ2n) is 6.81. The molecule has 24 heavy (non-hydrogen) atoms. The van der Waals surface area contributed by atoms with Crippen LogP contribution in [-0.2, 0) is 20.7 Å². The summed E-state index contributed by atoms with van der Waals surface area (Å²) in [7, 11) is 1.65. The quantitative estimate of drug-likeness (QED) is 0.794. The van der Waals surface area contributed by atoms with Crippen LogP contribution in [0.1, 0.15) is 31.4 Å². The highest BCUT2D eigenvalue weighted by atomic mass is 16.5. The molecule has 0 aromatic carbocycles. The molecule has 6 heteroatoms. The van der Waals surface area contributed by atoms with Crippen LogP contribution in [0, 0.1) is 5.41 Å². The number of aryl methyl sites for hydroxylation is 1. The van der Waals surface area contributed by atoms with E-state index in [1.807, 2.05) is 21.9 Å². The molecule has 0 radical (unpaired) electrons. The molecule has 132 valence electrons. The van der Waals surface area contributed by atoms with Crippen molar-refractivity contribution in [2.45, 2.75) is 32.1 Å². The first-order valence-electron chi connectivity index (χ1n) is 8.73. The second kappa shape index (κ2) is 7.38. The third-order valence-electron chi connectivity index (χ3n) is 5.26. The van der Waals surface area contributed by atoms with E-state index in [-0.39, 0.29) is 17.2 Å². The van der Waals surface area contributed by atoms with E-state index in [0.29, 0.717) is 39.1 Å². The lowest BCUT2D eigenvalue weighted by Gasteiger charge is -2.39. The van der Waals surface area contributed by atoms with Crippen LogP contribution < -0.4 is 0 Å². The number of amides is 2. The Labute approximate surface area is 142 Å². The Morgan fingerprint density at radius 3 is 3.00 bits per heavy atom. The number of methoxy groups -OCH3 is 1. The summed E-state index contributed by atoms with van der Waals surface area (Å²) in [6, 6.07) is 3.72. The van der Waals surface area contributed by atoms with Gasteiger partial charge in [0.2, 0.25) is 11.8 Å². The molecule has 0 unspecified atom stereocenters. The topological polar surface area (TPSA) is 63.0 Å². The van der Waals surface area contributed by atoms with Gasteiger partial charge in [0, 0.05) is 46.1 Å². The van der Waals surface area contributed by atoms with E-state index in [0.717, 1.165) is 31.6 Å². The molecule has 0 N–H and O–H groups in total. The van der Waals surface area contributed by atoms with E-state index in [4.69, 9.17) is 9.15 Å². The van der Waals surface area contributed by atoms with Crippen LogP contribution in [0.4, 0.5) is 0 Å². The highest BCUT2D eigenvalue weighted by Gasteiger charge is 2.49. The fourth-order valence-electron chi connectivity index (χ4n) is 3.87. The first-order chi connectivity index (χ1) is 11.6. The van der Waals surface area contributed by atoms with Crippen molar-refractivity contribution in [2.24, 2.45) is 5.41 Å². The Morgan fingerprint density at radius 2 is 2.25 bits per heavy atom. The zero-order valence-corrected chi connectivity index (χ0v) is 14.3. The molecule has 2 aliphatic heterocycles. The van der Waals surface area contributed by atoms with Gasteiger partial charge in [-0.3, -0.25) is 9.59 Å². The second-order valence-corrected chi connectivity index (χ2v) is 6.81. The van der Waals surface area contributed by atoms with E-state index < -0.39 is 0 Å². The van der Waals surface area contributed by atoms with Crippen molar-refractivity contribution >= 4 is 11.8 Å². The monoisotopic (exact) mass is 334 g/mol. The van der Waals surface area contributed by atoms with Gasteiger partial charge < -0.3 is 19.0 Å². The average Bonchev–Trinajstić information content (AvgIpc) is 3.25. The summed E-state index contributed by atoms with van der Waals surface area (Å²) in [4.78, 5) is 29.1. The molecule has 0 aliphatic carbocycles. The number of hydrogen-bond donors (Lipinski definition) is 0. The maximum atomic E-state index is 12.9. The molecule has 3 rings (SSSR count). The first-order valence-corrected chi connectivity index (χ1v) is 8.73. The van der Waals surface area contributed by atoms with Gasteiger partial charge in [-0.1, -0.05) is 0 Å². The van der Waals surface area contributed by atoms with Crippen molar-refractivity contribution in [3.05, 3.63) is 24.2 Å². The lowest BCUT2D eigenvalue weighted by molar-refractivity contribution is -0.146. The number of carbonyl (C=O) groups is 2. The third-order valence-corrected chi connectivity index (χ3v) is 5.26. The number of nitrogens with zero attached hydrogens (tertiary/aromatic N) is 2. The third kappa shape index (κ3) is 3.48. The van der Waals surface area contributed by atoms with E-state index in [1.54, 1.807) is 13.4 Å². The standard InChI is InChI=1S/C18H26N2O4/c1-23-13-11-19-9-3-7-18(17(19)22)8-10-20(14-18)16(21)6-5-15-4-2-12-24-15/h2,4,12H,3,5-11,13-14H2,1H3/t18-/m0/s1. The van der Waals surface area contributed by atoms with Crippen molar-refractivity contribution in [1.29, 1.82) is 0 Å². The highest BCUT2D eigenvalue weighted by Crippen LogP contribution is 2.40. The number of rotatable bonds is 6. The van der Waals surface area contributed by atoms with Crippen LogP contribution in [-0.4, -0.2) is 61.5 Å². The van der Waals surface area contributed by atoms with Gasteiger partial charge in [-0.15, -0.1) is 0 Å². The van der Waals surface area contributed by atoms with E-state index >= 15 is 0 Å². The smallest absolute Gasteiger partial charge is 0.230 e. The van der Waals surface area contributed by atoms with Crippen molar-refractivity contribution < 1.29 is 18.7 Å². The van der Waals surface area contributed by atoms with Crippen LogP contribution in [0.25, 0.3) is 0 Å². The van der Waals surface area contributed by atoms with E-state index in [1.165, 1.54) is 0 Å². The van der Waals surface area contributed by atoms with Crippen molar-refractivity contribution in [1.82, 2.24) is 9.80 Å². The number of carbonyl (C=O) groups excluding carboxylic acids is 2. The van der Waals surface area contributed by atoms with Crippen LogP contribution in [0.2, 0.25) is 0 Å². The maximum absolute atomic E-state index is 12.9. The van der Waals surface area contributed by atoms with Gasteiger partial charge in [0.1, 0.15) is 5.76 Å². The Morgan fingerprint density at radius 1 is 1.38 bits per heavy atom. The Bertz CT molecular complexity index is 572. The Hall–Kier alpha value is -1.82. The molecule has 2 amide bonds. The largest absolute Gasteiger partial charge is 0.469 e. The number of ether oxygens (including phenoxy) is 1. The van der Waals surface area contributed by atoms with Gasteiger partial charge in [0.15, 0.2) is 0 Å². The molecule has 0 saturated carbocycles. The molecule has 6 nitrogen and oxygen atoms in total. The zero-order valence-electron chi connectivity index (χ0n) is 14.3. The number of furan rings is 1. The van der Waals surface area contributed by atoms with Crippen LogP contribution >= 0.6 is 0 Å². The van der Waals surface area contributed by atoms with Gasteiger partial charge in [-0.25, -0.2) is 0 Å². The predicted octanol–water partition coefficient (Wildman–Crippen LogP) is 1.70. The number of piperidine rings is 1. The molecule has 2 saturated heterocycles. The Kier molecular flexibility index (Phi) is 5.23. The molecule has 1 atom stereocenters. The maximum Gasteiger partial charge on any atom is 0.230 e. The van der Waals surface area contributed by atoms with E-state index in [9.17, 15) is 9.59 Å². The molecule has 1 aromatic rings. The van der Waals surface area contributed by atoms with Crippen molar-refractivity contribution in [3.8, 4) is 0 Å². The van der Waals surface area contributed by atoms with E-state index in [2.05, 4.69) is 0 Å². The van der Waals surface area contributed by atoms with Gasteiger partial charge in [0.25, 0.3) is 0 Å². The average molecular weight is 334 g/mol. The van der Waals surface area contributed by atoms with Crippen molar-refractivity contribution in [3.63, 3.8) is 0 Å². The molecular formula is C18H26N2O4. The lowest BCUT2D eigenvalue weighted by Crippen LogP contribution is -2.51. The summed E-state index contributed by atoms with van der Waals surface area (Å²) in [5.74, 6) is 1.15. The normalized spacial score (nSPS) is 24.1. The minimum atomic E-state index is -0.369. The fraction of sp³-hybridized carbons (Fsp3) is 0.667. The summed E-state index contributed by atoms with van der Waals surface area (Å²) in [5, 5.41) is 0. The van der Waals surface area contributed by atoms with Crippen molar-refractivity contribution in [2.75, 3.05) is 39.9 Å². The molecule has 0 bridgehead atoms. The minimum absolute atomic E-state index is 0.116. The molecule has 3 heterocycles. The van der Waals surface area contributed by atoms with Crippen LogP contribution in [0.5, 0.6) is 0 Å². The van der Waals surface area contributed by atoms with Gasteiger partial charge in [0.05, 0.1) is 18.3 Å². The summed E-state index contributed by atoms with van der Waals surface area (Å²) >= 11 is 0. The summed E-state index contributed by atoms with van der Waals surface area (Å²) in [6.07, 6.45) is 5.34. The highest BCUT2D eigenvalue weighted by molar-refractivity contribution is 5.86. The summed E-state index contributed by atoms with van der Waals surface area (Å²) < 4.78 is 10.4. The SMILES string of the molecule is COCCN1CCC[C@@]2(CCN(C(=O)CCc3ccco3)C2)C1=O. The summed E-state index contributed by atoms with van der Waals surface area (Å²) in [5.41, 5.74) is -0.369. The zero-order chi connectivity index (χ0) is 17.0. The molecule has 2 fully saturated rings. The van der Waals surface area contributed by atoms with Crippen LogP contribution in [0.15, 0.2) is 22.8 Å². The van der Waals surface area contributed by atoms with Gasteiger partial charge in [-0.2, -0.15) is 0 Å². The summed E-state index contributed by atoms with van der Waals surface area (Å²) in [6.45, 7) is 3.25. The fourth-order valence-corrected chi connectivity index (χ4v) is 3.87. The lowest BCUT2D eigenvalue weighted by atomic mass is 9.78. The van der Waals surface area contributed by atoms with Gasteiger partial charge in [-0.05, 0) is 31.4 Å². The number of likely N-dealkylation sites (tertiary alicyclic amines) is 2. The Balaban J connectivity index is 1.56. The van der Waals surface area contributed by atoms with Gasteiger partial charge >= 0.3 is 0 Å². The molecule has 1 aromatic heterocycles. The molecular weight excluding hydrogens is 308 g/mol. The number of hydrogen-bond acceptors (Lipinski definition) is 4. The van der Waals surface area contributed by atoms with Crippen LogP contribution in [0.3, 0.4) is 0 Å². The predicted molar refractivity (Wildman–Crippen MR) is 88.3 cm³/mol.